The van der Waals surface area contributed by atoms with Crippen molar-refractivity contribution in [2.24, 2.45) is 23.7 Å². The first-order chi connectivity index (χ1) is 34.7. The molecule has 1 aliphatic carbocycles. The van der Waals surface area contributed by atoms with Crippen LogP contribution in [0.1, 0.15) is 93.9 Å². The standard InChI is InChI=1S/C54H82O19/c1-11-26(2)47-29(5)17-18-53(73-47)23-35-20-34(72-53)16-15-28(4)46(27(3)13-12-14-33-25-64-50-42(56)30(6)19-36(51(60)67-35)54(33,50)61)69-40-21-37(62-9)48(31(7)65-40)70-41-22-38(63-10)49(32(8)66-41)71-52-45(59)44(58)43(57)39(24-55)68-52/h12-15,17-19,26-27,29,31-32,34-50,52,55-59,61H,11,16,20-25H2,1-10H3. The molecule has 0 aromatic heterocycles. The van der Waals surface area contributed by atoms with E-state index in [0.29, 0.717) is 30.4 Å². The number of hydrogen-bond donors (Lipinski definition) is 6. The molecule has 7 aliphatic heterocycles. The molecule has 0 saturated carbocycles. The molecule has 6 N–H and O–H groups in total. The minimum Gasteiger partial charge on any atom is -0.462 e. The first kappa shape index (κ1) is 56.7. The zero-order valence-electron chi connectivity index (χ0n) is 44.0. The van der Waals surface area contributed by atoms with E-state index >= 15 is 0 Å². The summed E-state index contributed by atoms with van der Waals surface area (Å²) in [4.78, 5) is 14.4. The van der Waals surface area contributed by atoms with Crippen LogP contribution in [-0.4, -0.2) is 192 Å². The van der Waals surface area contributed by atoms with E-state index in [-0.39, 0.29) is 43.3 Å². The summed E-state index contributed by atoms with van der Waals surface area (Å²) >= 11 is 0. The van der Waals surface area contributed by atoms with Crippen LogP contribution in [0.25, 0.3) is 0 Å². The van der Waals surface area contributed by atoms with Gasteiger partial charge in [0.05, 0.1) is 55.9 Å². The lowest BCUT2D eigenvalue weighted by Gasteiger charge is -2.48. The SMILES string of the molecule is CCC(C)C1OC2(C=CC1C)CC1CC(CC=C(C)C(OC3CC(OC)C(OC4CC(OC)C(OC5OC(CO)C(O)C(O)C5O)C(C)O4)C(C)O3)C(C)C=CC=C3COC4C(O)C(C)=CC(C(=O)O1)C34O)O2. The van der Waals surface area contributed by atoms with Gasteiger partial charge in [0.15, 0.2) is 24.7 Å². The molecule has 5 saturated heterocycles. The molecule has 8 rings (SSSR count). The van der Waals surface area contributed by atoms with E-state index in [9.17, 15) is 35.4 Å². The second-order valence-electron chi connectivity index (χ2n) is 21.8. The lowest BCUT2D eigenvalue weighted by atomic mass is 9.71. The molecule has 5 fully saturated rings. The summed E-state index contributed by atoms with van der Waals surface area (Å²) in [6.45, 7) is 15.3. The van der Waals surface area contributed by atoms with Crippen LogP contribution in [0.4, 0.5) is 0 Å². The number of carbonyl (C=O) groups excluding carboxylic acids is 1. The maximum Gasteiger partial charge on any atom is 0.316 e. The summed E-state index contributed by atoms with van der Waals surface area (Å²) in [6.07, 6.45) is -0.438. The zero-order valence-corrected chi connectivity index (χ0v) is 44.0. The third-order valence-electron chi connectivity index (χ3n) is 16.6. The molecule has 412 valence electrons. The Morgan fingerprint density at radius 3 is 2.14 bits per heavy atom. The van der Waals surface area contributed by atoms with E-state index in [1.807, 2.05) is 39.0 Å². The van der Waals surface area contributed by atoms with E-state index < -0.39 is 140 Å². The lowest BCUT2D eigenvalue weighted by Crippen LogP contribution is -2.62. The van der Waals surface area contributed by atoms with E-state index in [0.717, 1.165) is 12.0 Å². The summed E-state index contributed by atoms with van der Waals surface area (Å²) in [6, 6.07) is 0. The molecule has 8 aliphatic rings. The van der Waals surface area contributed by atoms with Crippen molar-refractivity contribution < 1.29 is 92.3 Å². The Morgan fingerprint density at radius 2 is 1.48 bits per heavy atom. The summed E-state index contributed by atoms with van der Waals surface area (Å²) in [5.41, 5.74) is -0.000861. The Balaban J connectivity index is 1.01. The van der Waals surface area contributed by atoms with Crippen molar-refractivity contribution in [3.63, 3.8) is 0 Å². The highest BCUT2D eigenvalue weighted by Gasteiger charge is 2.60. The molecule has 19 heteroatoms. The van der Waals surface area contributed by atoms with Crippen molar-refractivity contribution in [2.75, 3.05) is 27.4 Å². The van der Waals surface area contributed by atoms with Crippen LogP contribution in [0, 0.1) is 23.7 Å². The van der Waals surface area contributed by atoms with Crippen molar-refractivity contribution in [1.29, 1.82) is 0 Å². The van der Waals surface area contributed by atoms with E-state index in [1.54, 1.807) is 33.1 Å². The third-order valence-corrected chi connectivity index (χ3v) is 16.6. The summed E-state index contributed by atoms with van der Waals surface area (Å²) in [5.74, 6) is -2.77. The minimum atomic E-state index is -1.87. The second kappa shape index (κ2) is 23.6. The zero-order chi connectivity index (χ0) is 52.7. The summed E-state index contributed by atoms with van der Waals surface area (Å²) < 4.78 is 76.4. The molecular formula is C54H82O19. The Labute approximate surface area is 429 Å². The Kier molecular flexibility index (Phi) is 18.3. The quantitative estimate of drug-likeness (QED) is 0.128. The number of aliphatic hydroxyl groups excluding tert-OH is 5. The molecule has 0 amide bonds. The molecule has 25 unspecified atom stereocenters. The fourth-order valence-corrected chi connectivity index (χ4v) is 12.1. The third kappa shape index (κ3) is 11.7. The van der Waals surface area contributed by atoms with Gasteiger partial charge in [0, 0.05) is 51.7 Å². The van der Waals surface area contributed by atoms with Crippen LogP contribution in [-0.2, 0) is 61.6 Å². The van der Waals surface area contributed by atoms with Crippen molar-refractivity contribution in [1.82, 2.24) is 0 Å². The molecule has 7 heterocycles. The number of allylic oxidation sites excluding steroid dienone is 2. The van der Waals surface area contributed by atoms with Crippen LogP contribution >= 0.6 is 0 Å². The smallest absolute Gasteiger partial charge is 0.316 e. The predicted molar refractivity (Wildman–Crippen MR) is 260 cm³/mol. The van der Waals surface area contributed by atoms with E-state index in [1.165, 1.54) is 7.11 Å². The van der Waals surface area contributed by atoms with Gasteiger partial charge >= 0.3 is 5.97 Å². The van der Waals surface area contributed by atoms with Crippen LogP contribution in [0.5, 0.6) is 0 Å². The van der Waals surface area contributed by atoms with Gasteiger partial charge in [-0.25, -0.2) is 0 Å². The second-order valence-corrected chi connectivity index (χ2v) is 21.8. The average molecular weight is 1040 g/mol. The van der Waals surface area contributed by atoms with Gasteiger partial charge in [-0.3, -0.25) is 4.79 Å². The highest BCUT2D eigenvalue weighted by Crippen LogP contribution is 2.47. The molecule has 1 spiro atoms. The number of carbonyl (C=O) groups is 1. The number of hydrogen-bond acceptors (Lipinski definition) is 19. The van der Waals surface area contributed by atoms with Crippen LogP contribution in [0.2, 0.25) is 0 Å². The Morgan fingerprint density at radius 1 is 0.808 bits per heavy atom. The first-order valence-electron chi connectivity index (χ1n) is 26.4. The van der Waals surface area contributed by atoms with Gasteiger partial charge < -0.3 is 87.5 Å². The summed E-state index contributed by atoms with van der Waals surface area (Å²) in [5, 5.41) is 64.8. The molecule has 19 nitrogen and oxygen atoms in total. The number of methoxy groups -OCH3 is 2. The minimum absolute atomic E-state index is 0.000131. The largest absolute Gasteiger partial charge is 0.462 e. The highest BCUT2D eigenvalue weighted by atomic mass is 16.8. The van der Waals surface area contributed by atoms with Gasteiger partial charge in [0.25, 0.3) is 0 Å². The van der Waals surface area contributed by atoms with Crippen LogP contribution in [0.3, 0.4) is 0 Å². The van der Waals surface area contributed by atoms with Gasteiger partial charge in [-0.05, 0) is 62.8 Å². The maximum atomic E-state index is 14.4. The normalized spacial score (nSPS) is 48.1. The van der Waals surface area contributed by atoms with E-state index in [4.69, 9.17) is 56.8 Å². The lowest BCUT2D eigenvalue weighted by molar-refractivity contribution is -0.353. The fraction of sp³-hybridized carbons (Fsp3) is 0.796. The average Bonchev–Trinajstić information content (AvgIpc) is 3.71. The molecule has 2 bridgehead atoms. The molecule has 0 aromatic rings. The van der Waals surface area contributed by atoms with Gasteiger partial charge in [0.2, 0.25) is 0 Å². The number of fused-ring (bicyclic) bond motifs is 2. The Bertz CT molecular complexity index is 2040. The molecule has 0 aromatic carbocycles. The Hall–Kier alpha value is -2.51. The fourth-order valence-electron chi connectivity index (χ4n) is 12.1. The first-order valence-corrected chi connectivity index (χ1v) is 26.4. The summed E-state index contributed by atoms with van der Waals surface area (Å²) in [7, 11) is 3.12. The molecule has 25 atom stereocenters. The molecular weight excluding hydrogens is 953 g/mol. The number of aliphatic hydroxyl groups is 6. The van der Waals surface area contributed by atoms with Crippen LogP contribution < -0.4 is 0 Å². The van der Waals surface area contributed by atoms with Crippen molar-refractivity contribution in [3.8, 4) is 0 Å². The monoisotopic (exact) mass is 1030 g/mol. The van der Waals surface area contributed by atoms with Gasteiger partial charge in [0.1, 0.15) is 66.5 Å². The number of rotatable bonds is 11. The van der Waals surface area contributed by atoms with Crippen molar-refractivity contribution in [2.45, 2.75) is 222 Å². The maximum absolute atomic E-state index is 14.4. The van der Waals surface area contributed by atoms with Gasteiger partial charge in [-0.15, -0.1) is 0 Å². The predicted octanol–water partition coefficient (Wildman–Crippen LogP) is 3.20. The van der Waals surface area contributed by atoms with Gasteiger partial charge in [-0.1, -0.05) is 70.6 Å². The van der Waals surface area contributed by atoms with Crippen molar-refractivity contribution in [3.05, 3.63) is 59.3 Å². The van der Waals surface area contributed by atoms with E-state index in [2.05, 4.69) is 32.9 Å². The highest BCUT2D eigenvalue weighted by molar-refractivity contribution is 5.78. The molecule has 73 heavy (non-hydrogen) atoms. The van der Waals surface area contributed by atoms with Crippen molar-refractivity contribution >= 4 is 5.97 Å². The number of esters is 1. The van der Waals surface area contributed by atoms with Gasteiger partial charge in [-0.2, -0.15) is 0 Å². The molecule has 0 radical (unpaired) electrons. The topological polar surface area (TPSA) is 249 Å². The number of ether oxygens (including phenoxy) is 12. The van der Waals surface area contributed by atoms with Crippen LogP contribution in [0.15, 0.2) is 59.3 Å².